The Hall–Kier alpha value is -0.560. The second kappa shape index (κ2) is 7.11. The molecule has 1 atom stereocenters. The van der Waals surface area contributed by atoms with Gasteiger partial charge in [0.2, 0.25) is 0 Å². The molecule has 0 spiro atoms. The molecule has 0 saturated carbocycles. The molecule has 0 fully saturated rings. The van der Waals surface area contributed by atoms with Crippen LogP contribution >= 0.6 is 0 Å². The normalized spacial score (nSPS) is 12.5. The van der Waals surface area contributed by atoms with Crippen LogP contribution < -0.4 is 5.32 Å². The predicted octanol–water partition coefficient (Wildman–Crippen LogP) is 2.75. The first-order chi connectivity index (χ1) is 5.66. The van der Waals surface area contributed by atoms with E-state index in [9.17, 15) is 0 Å². The number of hydrogen-bond donors (Lipinski definition) is 1. The van der Waals surface area contributed by atoms with Crippen LogP contribution in [0.4, 0.5) is 0 Å². The van der Waals surface area contributed by atoms with Crippen molar-refractivity contribution in [2.24, 2.45) is 5.92 Å². The molecule has 0 aromatic carbocycles. The Morgan fingerprint density at radius 1 is 1.50 bits per heavy atom. The van der Waals surface area contributed by atoms with E-state index in [0.29, 0.717) is 5.92 Å². The monoisotopic (exact) mass is 167 g/mol. The molecule has 1 N–H and O–H groups in total. The third kappa shape index (κ3) is 7.55. The van der Waals surface area contributed by atoms with Gasteiger partial charge in [-0.15, -0.1) is 13.2 Å². The van der Waals surface area contributed by atoms with Gasteiger partial charge < -0.3 is 5.32 Å². The van der Waals surface area contributed by atoms with Gasteiger partial charge in [0.15, 0.2) is 0 Å². The van der Waals surface area contributed by atoms with Crippen molar-refractivity contribution in [1.82, 2.24) is 5.32 Å². The van der Waals surface area contributed by atoms with Crippen LogP contribution in [0.15, 0.2) is 24.8 Å². The second-order valence-corrected chi connectivity index (χ2v) is 3.46. The van der Waals surface area contributed by atoms with Gasteiger partial charge >= 0.3 is 0 Å². The summed E-state index contributed by atoms with van der Waals surface area (Å²) in [6.45, 7) is 14.0. The molecule has 12 heavy (non-hydrogen) atoms. The van der Waals surface area contributed by atoms with Gasteiger partial charge in [0.05, 0.1) is 0 Å². The molecule has 0 radical (unpaired) electrons. The maximum Gasteiger partial charge on any atom is -0.00118 e. The smallest absolute Gasteiger partial charge is 0.00118 e. The Labute approximate surface area is 76.6 Å². The summed E-state index contributed by atoms with van der Waals surface area (Å²) >= 11 is 0. The van der Waals surface area contributed by atoms with E-state index in [2.05, 4.69) is 32.3 Å². The minimum atomic E-state index is 0.627. The van der Waals surface area contributed by atoms with Crippen molar-refractivity contribution in [3.05, 3.63) is 24.8 Å². The zero-order valence-electron chi connectivity index (χ0n) is 8.40. The summed E-state index contributed by atoms with van der Waals surface area (Å²) in [6, 6.07) is 0. The Balaban J connectivity index is 3.10. The van der Waals surface area contributed by atoms with Gasteiger partial charge in [0.25, 0.3) is 0 Å². The number of rotatable bonds is 7. The van der Waals surface area contributed by atoms with Gasteiger partial charge in [-0.2, -0.15) is 0 Å². The lowest BCUT2D eigenvalue weighted by molar-refractivity contribution is 0.576. The van der Waals surface area contributed by atoms with Crippen LogP contribution in [0.5, 0.6) is 0 Å². The summed E-state index contributed by atoms with van der Waals surface area (Å²) in [4.78, 5) is 0. The molecule has 0 aliphatic carbocycles. The lowest BCUT2D eigenvalue weighted by Crippen LogP contribution is -2.18. The molecule has 0 rings (SSSR count). The lowest BCUT2D eigenvalue weighted by Gasteiger charge is -2.06. The van der Waals surface area contributed by atoms with Gasteiger partial charge in [0, 0.05) is 0 Å². The third-order valence-electron chi connectivity index (χ3n) is 1.91. The van der Waals surface area contributed by atoms with Gasteiger partial charge in [-0.3, -0.25) is 0 Å². The number of hydrogen-bond acceptors (Lipinski definition) is 1. The Morgan fingerprint density at radius 3 is 2.67 bits per heavy atom. The minimum Gasteiger partial charge on any atom is -0.316 e. The summed E-state index contributed by atoms with van der Waals surface area (Å²) < 4.78 is 0. The molecule has 1 unspecified atom stereocenters. The van der Waals surface area contributed by atoms with Crippen LogP contribution in [0, 0.1) is 5.92 Å². The van der Waals surface area contributed by atoms with E-state index in [0.717, 1.165) is 19.5 Å². The van der Waals surface area contributed by atoms with Crippen LogP contribution in [-0.4, -0.2) is 13.1 Å². The van der Waals surface area contributed by atoms with E-state index in [1.165, 1.54) is 12.0 Å². The van der Waals surface area contributed by atoms with E-state index in [1.807, 2.05) is 6.08 Å². The molecule has 0 amide bonds. The van der Waals surface area contributed by atoms with Crippen molar-refractivity contribution in [1.29, 1.82) is 0 Å². The molecule has 1 nitrogen and oxygen atoms in total. The summed E-state index contributed by atoms with van der Waals surface area (Å²) in [6.07, 6.45) is 4.27. The molecule has 70 valence electrons. The minimum absolute atomic E-state index is 0.627. The first kappa shape index (κ1) is 11.4. The highest BCUT2D eigenvalue weighted by Gasteiger charge is 1.94. The van der Waals surface area contributed by atoms with Crippen LogP contribution in [0.2, 0.25) is 0 Å². The molecule has 0 heterocycles. The largest absolute Gasteiger partial charge is 0.316 e. The van der Waals surface area contributed by atoms with Crippen LogP contribution in [0.3, 0.4) is 0 Å². The lowest BCUT2D eigenvalue weighted by atomic mass is 10.1. The number of allylic oxidation sites excluding steroid dienone is 1. The van der Waals surface area contributed by atoms with Crippen LogP contribution in [0.25, 0.3) is 0 Å². The van der Waals surface area contributed by atoms with Crippen molar-refractivity contribution < 1.29 is 0 Å². The highest BCUT2D eigenvalue weighted by atomic mass is 14.8. The van der Waals surface area contributed by atoms with Crippen LogP contribution in [0.1, 0.15) is 26.7 Å². The van der Waals surface area contributed by atoms with Crippen molar-refractivity contribution >= 4 is 0 Å². The fraction of sp³-hybridized carbons (Fsp3) is 0.636. The summed E-state index contributed by atoms with van der Waals surface area (Å²) in [5.41, 5.74) is 1.25. The highest BCUT2D eigenvalue weighted by molar-refractivity contribution is 4.88. The van der Waals surface area contributed by atoms with Crippen LogP contribution in [-0.2, 0) is 0 Å². The Bertz CT molecular complexity index is 138. The zero-order valence-corrected chi connectivity index (χ0v) is 8.40. The molecule has 1 heteroatoms. The topological polar surface area (TPSA) is 12.0 Å². The summed E-state index contributed by atoms with van der Waals surface area (Å²) in [5.74, 6) is 0.627. The summed E-state index contributed by atoms with van der Waals surface area (Å²) in [5, 5.41) is 3.37. The van der Waals surface area contributed by atoms with Gasteiger partial charge in [-0.1, -0.05) is 18.6 Å². The predicted molar refractivity (Wildman–Crippen MR) is 56.3 cm³/mol. The maximum atomic E-state index is 3.85. The third-order valence-corrected chi connectivity index (χ3v) is 1.91. The highest BCUT2D eigenvalue weighted by Crippen LogP contribution is 2.00. The quantitative estimate of drug-likeness (QED) is 0.454. The van der Waals surface area contributed by atoms with E-state index in [1.54, 1.807) is 0 Å². The molecular weight excluding hydrogens is 146 g/mol. The number of nitrogens with one attached hydrogen (secondary N) is 1. The first-order valence-electron chi connectivity index (χ1n) is 4.64. The molecule has 0 aliphatic rings. The first-order valence-corrected chi connectivity index (χ1v) is 4.64. The SMILES string of the molecule is C=CC(C)CCNCCC(=C)C. The molecular formula is C11H21N. The van der Waals surface area contributed by atoms with Crippen molar-refractivity contribution in [2.45, 2.75) is 26.7 Å². The molecule has 0 aromatic heterocycles. The van der Waals surface area contributed by atoms with E-state index in [4.69, 9.17) is 0 Å². The maximum absolute atomic E-state index is 3.85. The molecule has 0 aliphatic heterocycles. The Morgan fingerprint density at radius 2 is 2.17 bits per heavy atom. The van der Waals surface area contributed by atoms with Gasteiger partial charge in [-0.25, -0.2) is 0 Å². The van der Waals surface area contributed by atoms with E-state index in [-0.39, 0.29) is 0 Å². The second-order valence-electron chi connectivity index (χ2n) is 3.46. The molecule has 0 bridgehead atoms. The van der Waals surface area contributed by atoms with E-state index >= 15 is 0 Å². The standard InChI is InChI=1S/C11H21N/c1-5-11(4)7-9-12-8-6-10(2)3/h5,11-12H,1-2,6-9H2,3-4H3. The van der Waals surface area contributed by atoms with Gasteiger partial charge in [-0.05, 0) is 38.8 Å². The van der Waals surface area contributed by atoms with Crippen molar-refractivity contribution in [3.8, 4) is 0 Å². The average Bonchev–Trinajstić information content (AvgIpc) is 2.03. The Kier molecular flexibility index (Phi) is 6.78. The average molecular weight is 167 g/mol. The zero-order chi connectivity index (χ0) is 9.40. The van der Waals surface area contributed by atoms with E-state index < -0.39 is 0 Å². The molecule has 0 aromatic rings. The van der Waals surface area contributed by atoms with Crippen molar-refractivity contribution in [3.63, 3.8) is 0 Å². The van der Waals surface area contributed by atoms with Gasteiger partial charge in [0.1, 0.15) is 0 Å². The van der Waals surface area contributed by atoms with Crippen molar-refractivity contribution in [2.75, 3.05) is 13.1 Å². The fourth-order valence-electron chi connectivity index (χ4n) is 0.874. The fourth-order valence-corrected chi connectivity index (χ4v) is 0.874. The molecule has 0 saturated heterocycles. The summed E-state index contributed by atoms with van der Waals surface area (Å²) in [7, 11) is 0.